The number of amides is 1. The first-order valence-corrected chi connectivity index (χ1v) is 8.09. The van der Waals surface area contributed by atoms with E-state index in [1.54, 1.807) is 4.90 Å². The number of rotatable bonds is 5. The predicted octanol–water partition coefficient (Wildman–Crippen LogP) is 2.27. The molecular formula is C18H25N3O2. The molecule has 1 unspecified atom stereocenters. The first kappa shape index (κ1) is 17.5. The summed E-state index contributed by atoms with van der Waals surface area (Å²) in [7, 11) is 0. The summed E-state index contributed by atoms with van der Waals surface area (Å²) in [6.07, 6.45) is 0.489. The van der Waals surface area contributed by atoms with Crippen LogP contribution in [0.25, 0.3) is 0 Å². The van der Waals surface area contributed by atoms with Crippen molar-refractivity contribution in [3.63, 3.8) is 0 Å². The Balaban J connectivity index is 2.13. The molecule has 2 rings (SSSR count). The van der Waals surface area contributed by atoms with Crippen molar-refractivity contribution >= 4 is 11.6 Å². The number of nitrogens with zero attached hydrogens (tertiary/aromatic N) is 3. The molecule has 1 fully saturated rings. The van der Waals surface area contributed by atoms with E-state index < -0.39 is 0 Å². The van der Waals surface area contributed by atoms with Gasteiger partial charge < -0.3 is 9.64 Å². The summed E-state index contributed by atoms with van der Waals surface area (Å²) in [5, 5.41) is 8.89. The second-order valence-electron chi connectivity index (χ2n) is 6.22. The SMILES string of the molecule is Cc1cc(C)cc(N(CCC#N)C(=O)CN2CCOC(C)C2)c1. The van der Waals surface area contributed by atoms with Gasteiger partial charge in [0.25, 0.3) is 0 Å². The van der Waals surface area contributed by atoms with Crippen LogP contribution in [-0.2, 0) is 9.53 Å². The van der Waals surface area contributed by atoms with E-state index in [0.717, 1.165) is 29.9 Å². The average molecular weight is 315 g/mol. The normalized spacial score (nSPS) is 18.4. The van der Waals surface area contributed by atoms with E-state index >= 15 is 0 Å². The first-order chi connectivity index (χ1) is 11.0. The standard InChI is InChI=1S/C18H25N3O2/c1-14-9-15(2)11-17(10-14)21(6-4-5-19)18(22)13-20-7-8-23-16(3)12-20/h9-11,16H,4,6-8,12-13H2,1-3H3. The molecule has 1 aliphatic rings. The third kappa shape index (κ3) is 5.05. The number of morpholine rings is 1. The topological polar surface area (TPSA) is 56.6 Å². The van der Waals surface area contributed by atoms with Crippen LogP contribution in [0.3, 0.4) is 0 Å². The fourth-order valence-electron chi connectivity index (χ4n) is 2.98. The van der Waals surface area contributed by atoms with E-state index in [-0.39, 0.29) is 12.0 Å². The molecule has 1 aromatic rings. The van der Waals surface area contributed by atoms with Gasteiger partial charge in [0.2, 0.25) is 5.91 Å². The van der Waals surface area contributed by atoms with Gasteiger partial charge in [0.15, 0.2) is 0 Å². The van der Waals surface area contributed by atoms with E-state index in [2.05, 4.69) is 17.0 Å². The lowest BCUT2D eigenvalue weighted by molar-refractivity contribution is -0.121. The number of carbonyl (C=O) groups excluding carboxylic acids is 1. The summed E-state index contributed by atoms with van der Waals surface area (Å²) >= 11 is 0. The van der Waals surface area contributed by atoms with Crippen molar-refractivity contribution < 1.29 is 9.53 Å². The predicted molar refractivity (Wildman–Crippen MR) is 90.4 cm³/mol. The van der Waals surface area contributed by atoms with Crippen molar-refractivity contribution in [1.29, 1.82) is 5.26 Å². The van der Waals surface area contributed by atoms with Gasteiger partial charge in [0, 0.05) is 25.3 Å². The van der Waals surface area contributed by atoms with Gasteiger partial charge in [-0.3, -0.25) is 9.69 Å². The number of carbonyl (C=O) groups is 1. The van der Waals surface area contributed by atoms with Gasteiger partial charge >= 0.3 is 0 Å². The highest BCUT2D eigenvalue weighted by Gasteiger charge is 2.23. The molecule has 1 amide bonds. The monoisotopic (exact) mass is 315 g/mol. The zero-order valence-corrected chi connectivity index (χ0v) is 14.2. The Bertz CT molecular complexity index is 574. The highest BCUT2D eigenvalue weighted by molar-refractivity contribution is 5.95. The maximum atomic E-state index is 12.8. The van der Waals surface area contributed by atoms with E-state index in [1.165, 1.54) is 0 Å². The summed E-state index contributed by atoms with van der Waals surface area (Å²) in [4.78, 5) is 16.6. The molecule has 1 aliphatic heterocycles. The zero-order chi connectivity index (χ0) is 16.8. The van der Waals surface area contributed by atoms with Gasteiger partial charge in [0.05, 0.1) is 31.7 Å². The van der Waals surface area contributed by atoms with Crippen molar-refractivity contribution in [2.24, 2.45) is 0 Å². The summed E-state index contributed by atoms with van der Waals surface area (Å²) < 4.78 is 5.52. The molecule has 5 heteroatoms. The third-order valence-corrected chi connectivity index (χ3v) is 3.95. The molecule has 124 valence electrons. The third-order valence-electron chi connectivity index (χ3n) is 3.95. The first-order valence-electron chi connectivity index (χ1n) is 8.09. The van der Waals surface area contributed by atoms with Gasteiger partial charge in [0.1, 0.15) is 0 Å². The van der Waals surface area contributed by atoms with Crippen LogP contribution >= 0.6 is 0 Å². The van der Waals surface area contributed by atoms with Gasteiger partial charge in [-0.2, -0.15) is 5.26 Å². The van der Waals surface area contributed by atoms with Crippen LogP contribution in [0.2, 0.25) is 0 Å². The Morgan fingerprint density at radius 3 is 2.70 bits per heavy atom. The van der Waals surface area contributed by atoms with Crippen molar-refractivity contribution in [2.75, 3.05) is 37.7 Å². The molecule has 0 N–H and O–H groups in total. The highest BCUT2D eigenvalue weighted by Crippen LogP contribution is 2.20. The molecule has 0 bridgehead atoms. The van der Waals surface area contributed by atoms with Crippen LogP contribution < -0.4 is 4.90 Å². The molecule has 1 saturated heterocycles. The van der Waals surface area contributed by atoms with Crippen molar-refractivity contribution in [2.45, 2.75) is 33.3 Å². The second-order valence-corrected chi connectivity index (χ2v) is 6.22. The van der Waals surface area contributed by atoms with Crippen LogP contribution in [0.4, 0.5) is 5.69 Å². The number of ether oxygens (including phenoxy) is 1. The van der Waals surface area contributed by atoms with Gasteiger partial charge in [-0.1, -0.05) is 6.07 Å². The number of hydrogen-bond donors (Lipinski definition) is 0. The summed E-state index contributed by atoms with van der Waals surface area (Å²) in [5.74, 6) is 0.0411. The van der Waals surface area contributed by atoms with E-state index in [0.29, 0.717) is 26.1 Å². The van der Waals surface area contributed by atoms with Crippen LogP contribution in [0.1, 0.15) is 24.5 Å². The minimum Gasteiger partial charge on any atom is -0.376 e. The summed E-state index contributed by atoms with van der Waals surface area (Å²) in [5.41, 5.74) is 3.12. The Morgan fingerprint density at radius 1 is 1.39 bits per heavy atom. The quantitative estimate of drug-likeness (QED) is 0.836. The molecule has 0 saturated carbocycles. The van der Waals surface area contributed by atoms with E-state index in [9.17, 15) is 4.79 Å². The van der Waals surface area contributed by atoms with Gasteiger partial charge in [-0.25, -0.2) is 0 Å². The molecule has 0 radical (unpaired) electrons. The Kier molecular flexibility index (Phi) is 6.14. The fourth-order valence-corrected chi connectivity index (χ4v) is 2.98. The molecule has 0 spiro atoms. The van der Waals surface area contributed by atoms with Crippen LogP contribution in [-0.4, -0.2) is 49.7 Å². The van der Waals surface area contributed by atoms with Crippen molar-refractivity contribution in [3.05, 3.63) is 29.3 Å². The highest BCUT2D eigenvalue weighted by atomic mass is 16.5. The molecule has 1 atom stereocenters. The lowest BCUT2D eigenvalue weighted by Crippen LogP contribution is -2.47. The zero-order valence-electron chi connectivity index (χ0n) is 14.2. The van der Waals surface area contributed by atoms with Crippen LogP contribution in [0, 0.1) is 25.2 Å². The molecule has 1 heterocycles. The summed E-state index contributed by atoms with van der Waals surface area (Å²) in [6, 6.07) is 8.23. The molecular weight excluding hydrogens is 290 g/mol. The maximum absolute atomic E-state index is 12.8. The average Bonchev–Trinajstić information content (AvgIpc) is 2.46. The Morgan fingerprint density at radius 2 is 2.09 bits per heavy atom. The minimum atomic E-state index is 0.0411. The van der Waals surface area contributed by atoms with Gasteiger partial charge in [-0.05, 0) is 44.0 Å². The lowest BCUT2D eigenvalue weighted by atomic mass is 10.1. The number of aryl methyl sites for hydroxylation is 2. The largest absolute Gasteiger partial charge is 0.376 e. The van der Waals surface area contributed by atoms with Gasteiger partial charge in [-0.15, -0.1) is 0 Å². The smallest absolute Gasteiger partial charge is 0.241 e. The Labute approximate surface area is 138 Å². The van der Waals surface area contributed by atoms with Crippen molar-refractivity contribution in [3.8, 4) is 6.07 Å². The maximum Gasteiger partial charge on any atom is 0.241 e. The minimum absolute atomic E-state index is 0.0411. The molecule has 0 aromatic heterocycles. The van der Waals surface area contributed by atoms with E-state index in [1.807, 2.05) is 32.9 Å². The molecule has 23 heavy (non-hydrogen) atoms. The van der Waals surface area contributed by atoms with E-state index in [4.69, 9.17) is 10.00 Å². The van der Waals surface area contributed by atoms with Crippen LogP contribution in [0.15, 0.2) is 18.2 Å². The number of nitriles is 1. The number of hydrogen-bond acceptors (Lipinski definition) is 4. The Hall–Kier alpha value is -1.90. The summed E-state index contributed by atoms with van der Waals surface area (Å²) in [6.45, 7) is 9.06. The lowest BCUT2D eigenvalue weighted by Gasteiger charge is -2.32. The second kappa shape index (κ2) is 8.09. The molecule has 5 nitrogen and oxygen atoms in total. The number of benzene rings is 1. The van der Waals surface area contributed by atoms with Crippen molar-refractivity contribution in [1.82, 2.24) is 4.90 Å². The number of anilines is 1. The molecule has 0 aliphatic carbocycles. The fraction of sp³-hybridized carbons (Fsp3) is 0.556. The molecule has 1 aromatic carbocycles. The van der Waals surface area contributed by atoms with Crippen LogP contribution in [0.5, 0.6) is 0 Å².